The lowest BCUT2D eigenvalue weighted by atomic mass is 10.2. The van der Waals surface area contributed by atoms with E-state index < -0.39 is 0 Å². The third-order valence-corrected chi connectivity index (χ3v) is 3.13. The molecule has 0 saturated carbocycles. The molecule has 122 valence electrons. The van der Waals surface area contributed by atoms with E-state index in [-0.39, 0.29) is 5.82 Å². The largest absolute Gasteiger partial charge is 0.469 e. The van der Waals surface area contributed by atoms with Crippen LogP contribution in [0.15, 0.2) is 64.2 Å². The number of halogens is 1. The van der Waals surface area contributed by atoms with Crippen molar-refractivity contribution < 1.29 is 8.81 Å². The number of nitrogens with one attached hydrogen (secondary N) is 2. The van der Waals surface area contributed by atoms with Crippen molar-refractivity contribution in [3.05, 3.63) is 72.0 Å². The molecular formula is C18H22FN3O. The first-order valence-electron chi connectivity index (χ1n) is 7.57. The average molecular weight is 315 g/mol. The first kappa shape index (κ1) is 16.8. The first-order valence-corrected chi connectivity index (χ1v) is 7.57. The molecule has 0 unspecified atom stereocenters. The van der Waals surface area contributed by atoms with Crippen molar-refractivity contribution in [1.82, 2.24) is 10.6 Å². The Labute approximate surface area is 136 Å². The Morgan fingerprint density at radius 3 is 2.65 bits per heavy atom. The highest BCUT2D eigenvalue weighted by Crippen LogP contribution is 2.04. The Morgan fingerprint density at radius 1 is 1.22 bits per heavy atom. The van der Waals surface area contributed by atoms with E-state index in [0.717, 1.165) is 23.3 Å². The zero-order valence-electron chi connectivity index (χ0n) is 13.3. The third-order valence-electron chi connectivity index (χ3n) is 3.13. The minimum atomic E-state index is -0.241. The predicted octanol–water partition coefficient (Wildman–Crippen LogP) is 3.27. The Hall–Kier alpha value is -2.56. The molecule has 0 radical (unpaired) electrons. The van der Waals surface area contributed by atoms with Gasteiger partial charge in [0.2, 0.25) is 0 Å². The van der Waals surface area contributed by atoms with Gasteiger partial charge in [0, 0.05) is 19.5 Å². The summed E-state index contributed by atoms with van der Waals surface area (Å²) in [5.41, 5.74) is 1.97. The third kappa shape index (κ3) is 6.38. The smallest absolute Gasteiger partial charge is 0.191 e. The number of rotatable bonds is 7. The molecule has 0 atom stereocenters. The maximum Gasteiger partial charge on any atom is 0.191 e. The Kier molecular flexibility index (Phi) is 6.41. The molecule has 0 bridgehead atoms. The number of hydrogen-bond donors (Lipinski definition) is 2. The van der Waals surface area contributed by atoms with Gasteiger partial charge in [0.05, 0.1) is 12.8 Å². The summed E-state index contributed by atoms with van der Waals surface area (Å²) in [6.45, 7) is 7.66. The summed E-state index contributed by atoms with van der Waals surface area (Å²) in [4.78, 5) is 4.51. The number of benzene rings is 1. The molecule has 0 saturated heterocycles. The molecule has 1 aromatic heterocycles. The second kappa shape index (κ2) is 8.78. The SMILES string of the molecule is C=C(C)CNC(=NCc1ccc(F)cc1)NCCc1ccco1. The Balaban J connectivity index is 1.90. The van der Waals surface area contributed by atoms with Crippen LogP contribution in [0.25, 0.3) is 0 Å². The fraction of sp³-hybridized carbons (Fsp3) is 0.278. The quantitative estimate of drug-likeness (QED) is 0.468. The van der Waals surface area contributed by atoms with Crippen LogP contribution in [0.3, 0.4) is 0 Å². The molecule has 4 nitrogen and oxygen atoms in total. The predicted molar refractivity (Wildman–Crippen MR) is 90.8 cm³/mol. The van der Waals surface area contributed by atoms with Crippen molar-refractivity contribution in [1.29, 1.82) is 0 Å². The van der Waals surface area contributed by atoms with E-state index in [1.165, 1.54) is 12.1 Å². The summed E-state index contributed by atoms with van der Waals surface area (Å²) >= 11 is 0. The van der Waals surface area contributed by atoms with Gasteiger partial charge >= 0.3 is 0 Å². The molecule has 1 heterocycles. The summed E-state index contributed by atoms with van der Waals surface area (Å²) < 4.78 is 18.2. The van der Waals surface area contributed by atoms with E-state index in [2.05, 4.69) is 22.2 Å². The van der Waals surface area contributed by atoms with Gasteiger partial charge in [-0.05, 0) is 36.8 Å². The molecule has 2 rings (SSSR count). The van der Waals surface area contributed by atoms with E-state index >= 15 is 0 Å². The van der Waals surface area contributed by atoms with E-state index in [1.54, 1.807) is 18.4 Å². The van der Waals surface area contributed by atoms with Crippen molar-refractivity contribution in [2.24, 2.45) is 4.99 Å². The summed E-state index contributed by atoms with van der Waals surface area (Å²) in [5.74, 6) is 1.38. The van der Waals surface area contributed by atoms with Crippen LogP contribution in [0.2, 0.25) is 0 Å². The summed E-state index contributed by atoms with van der Waals surface area (Å²) in [6, 6.07) is 10.2. The van der Waals surface area contributed by atoms with Crippen LogP contribution < -0.4 is 10.6 Å². The van der Waals surface area contributed by atoms with Gasteiger partial charge in [0.25, 0.3) is 0 Å². The van der Waals surface area contributed by atoms with E-state index in [4.69, 9.17) is 4.42 Å². The van der Waals surface area contributed by atoms with Crippen LogP contribution in [-0.4, -0.2) is 19.0 Å². The number of furan rings is 1. The van der Waals surface area contributed by atoms with Gasteiger partial charge in [-0.3, -0.25) is 0 Å². The van der Waals surface area contributed by atoms with Gasteiger partial charge in [-0.1, -0.05) is 24.3 Å². The summed E-state index contributed by atoms with van der Waals surface area (Å²) in [6.07, 6.45) is 2.44. The number of aliphatic imine (C=N–C) groups is 1. The second-order valence-corrected chi connectivity index (χ2v) is 5.36. The van der Waals surface area contributed by atoms with Gasteiger partial charge < -0.3 is 15.1 Å². The van der Waals surface area contributed by atoms with Crippen molar-refractivity contribution in [2.75, 3.05) is 13.1 Å². The van der Waals surface area contributed by atoms with Gasteiger partial charge in [-0.2, -0.15) is 0 Å². The second-order valence-electron chi connectivity index (χ2n) is 5.36. The summed E-state index contributed by atoms with van der Waals surface area (Å²) in [5, 5.41) is 6.47. The molecule has 2 N–H and O–H groups in total. The van der Waals surface area contributed by atoms with Gasteiger partial charge in [0.15, 0.2) is 5.96 Å². The van der Waals surface area contributed by atoms with Gasteiger partial charge in [-0.15, -0.1) is 0 Å². The molecule has 0 aliphatic carbocycles. The van der Waals surface area contributed by atoms with Crippen molar-refractivity contribution >= 4 is 5.96 Å². The monoisotopic (exact) mass is 315 g/mol. The molecule has 1 aromatic carbocycles. The minimum absolute atomic E-state index is 0.241. The minimum Gasteiger partial charge on any atom is -0.469 e. The number of nitrogens with zero attached hydrogens (tertiary/aromatic N) is 1. The fourth-order valence-corrected chi connectivity index (χ4v) is 1.93. The maximum absolute atomic E-state index is 12.9. The van der Waals surface area contributed by atoms with Crippen LogP contribution >= 0.6 is 0 Å². The Bertz CT molecular complexity index is 633. The normalized spacial score (nSPS) is 11.3. The lowest BCUT2D eigenvalue weighted by Gasteiger charge is -2.12. The molecule has 5 heteroatoms. The van der Waals surface area contributed by atoms with Crippen molar-refractivity contribution in [2.45, 2.75) is 19.9 Å². The zero-order valence-corrected chi connectivity index (χ0v) is 13.3. The van der Waals surface area contributed by atoms with Crippen LogP contribution in [0.1, 0.15) is 18.2 Å². The fourth-order valence-electron chi connectivity index (χ4n) is 1.93. The highest BCUT2D eigenvalue weighted by Gasteiger charge is 2.01. The van der Waals surface area contributed by atoms with Crippen LogP contribution in [-0.2, 0) is 13.0 Å². The van der Waals surface area contributed by atoms with Crippen LogP contribution in [0.4, 0.5) is 4.39 Å². The molecular weight excluding hydrogens is 293 g/mol. The van der Waals surface area contributed by atoms with E-state index in [1.807, 2.05) is 19.1 Å². The highest BCUT2D eigenvalue weighted by atomic mass is 19.1. The molecule has 23 heavy (non-hydrogen) atoms. The molecule has 0 amide bonds. The van der Waals surface area contributed by atoms with Gasteiger partial charge in [0.1, 0.15) is 11.6 Å². The van der Waals surface area contributed by atoms with E-state index in [9.17, 15) is 4.39 Å². The average Bonchev–Trinajstić information content (AvgIpc) is 3.04. The maximum atomic E-state index is 12.9. The summed E-state index contributed by atoms with van der Waals surface area (Å²) in [7, 11) is 0. The Morgan fingerprint density at radius 2 is 2.00 bits per heavy atom. The van der Waals surface area contributed by atoms with Crippen LogP contribution in [0.5, 0.6) is 0 Å². The molecule has 2 aromatic rings. The standard InChI is InChI=1S/C18H22FN3O/c1-14(2)12-21-18(20-10-9-17-4-3-11-23-17)22-13-15-5-7-16(19)8-6-15/h3-8,11H,1,9-10,12-13H2,2H3,(H2,20,21,22). The number of guanidine groups is 1. The first-order chi connectivity index (χ1) is 11.1. The highest BCUT2D eigenvalue weighted by molar-refractivity contribution is 5.80. The molecule has 0 spiro atoms. The molecule has 0 fully saturated rings. The lowest BCUT2D eigenvalue weighted by Crippen LogP contribution is -2.39. The number of hydrogen-bond acceptors (Lipinski definition) is 2. The van der Waals surface area contributed by atoms with Gasteiger partial charge in [-0.25, -0.2) is 9.38 Å². The lowest BCUT2D eigenvalue weighted by molar-refractivity contribution is 0.507. The van der Waals surface area contributed by atoms with Crippen molar-refractivity contribution in [3.8, 4) is 0 Å². The molecule has 0 aliphatic heterocycles. The van der Waals surface area contributed by atoms with Crippen molar-refractivity contribution in [3.63, 3.8) is 0 Å². The van der Waals surface area contributed by atoms with Crippen LogP contribution in [0, 0.1) is 5.82 Å². The van der Waals surface area contributed by atoms with E-state index in [0.29, 0.717) is 25.6 Å². The topological polar surface area (TPSA) is 49.6 Å². The molecule has 0 aliphatic rings. The zero-order chi connectivity index (χ0) is 16.5.